The Balaban J connectivity index is 1.63. The molecule has 2 amide bonds. The third-order valence-electron chi connectivity index (χ3n) is 4.59. The summed E-state index contributed by atoms with van der Waals surface area (Å²) in [4.78, 5) is 23.6. The number of carbonyl (C=O) groups excluding carboxylic acids is 2. The summed E-state index contributed by atoms with van der Waals surface area (Å²) in [6.45, 7) is 1.79. The molecule has 2 aliphatic rings. The summed E-state index contributed by atoms with van der Waals surface area (Å²) in [5, 5.41) is 18.1. The van der Waals surface area contributed by atoms with Gasteiger partial charge in [0.25, 0.3) is 5.91 Å². The zero-order chi connectivity index (χ0) is 18.7. The third-order valence-corrected chi connectivity index (χ3v) is 6.45. The highest BCUT2D eigenvalue weighted by atomic mass is 32.2. The number of nitrogens with one attached hydrogen (secondary N) is 3. The SMILES string of the molecule is O=C1CN(S(=O)(=O)c2ccc(C(=O)NCC3CNCC3O)cc2)CCN1. The summed E-state index contributed by atoms with van der Waals surface area (Å²) in [5.41, 5.74) is 0.334. The fraction of sp³-hybridized carbons (Fsp3) is 0.500. The Bertz CT molecular complexity index is 780. The first-order valence-corrected chi connectivity index (χ1v) is 9.86. The number of piperazine rings is 1. The van der Waals surface area contributed by atoms with Crippen LogP contribution >= 0.6 is 0 Å². The molecular formula is C16H22N4O5S. The topological polar surface area (TPSA) is 128 Å². The van der Waals surface area contributed by atoms with Crippen LogP contribution in [0, 0.1) is 5.92 Å². The first kappa shape index (κ1) is 18.8. The number of aliphatic hydroxyl groups is 1. The molecule has 10 heteroatoms. The summed E-state index contributed by atoms with van der Waals surface area (Å²) in [6, 6.07) is 5.61. The highest BCUT2D eigenvalue weighted by molar-refractivity contribution is 7.89. The highest BCUT2D eigenvalue weighted by Crippen LogP contribution is 2.17. The first-order chi connectivity index (χ1) is 12.4. The molecular weight excluding hydrogens is 360 g/mol. The lowest BCUT2D eigenvalue weighted by molar-refractivity contribution is -0.122. The quantitative estimate of drug-likeness (QED) is 0.472. The molecule has 2 aliphatic heterocycles. The Morgan fingerprint density at radius 2 is 2.00 bits per heavy atom. The number of rotatable bonds is 5. The normalized spacial score (nSPS) is 24.3. The van der Waals surface area contributed by atoms with Crippen molar-refractivity contribution in [2.75, 3.05) is 39.3 Å². The Labute approximate surface area is 151 Å². The second kappa shape index (κ2) is 7.70. The second-order valence-corrected chi connectivity index (χ2v) is 8.35. The van der Waals surface area contributed by atoms with E-state index < -0.39 is 16.1 Å². The van der Waals surface area contributed by atoms with Gasteiger partial charge in [-0.15, -0.1) is 0 Å². The van der Waals surface area contributed by atoms with E-state index in [0.29, 0.717) is 25.2 Å². The van der Waals surface area contributed by atoms with Gasteiger partial charge in [-0.1, -0.05) is 0 Å². The monoisotopic (exact) mass is 382 g/mol. The zero-order valence-corrected chi connectivity index (χ0v) is 15.0. The van der Waals surface area contributed by atoms with Crippen LogP contribution in [0.3, 0.4) is 0 Å². The molecule has 2 atom stereocenters. The average Bonchev–Trinajstić information content (AvgIpc) is 3.05. The van der Waals surface area contributed by atoms with Gasteiger partial charge in [-0.2, -0.15) is 4.31 Å². The largest absolute Gasteiger partial charge is 0.391 e. The third kappa shape index (κ3) is 4.04. The van der Waals surface area contributed by atoms with Gasteiger partial charge in [-0.25, -0.2) is 8.42 Å². The maximum atomic E-state index is 12.6. The number of hydrogen-bond donors (Lipinski definition) is 4. The molecule has 0 bridgehead atoms. The van der Waals surface area contributed by atoms with Crippen LogP contribution in [0.4, 0.5) is 0 Å². The predicted octanol–water partition coefficient (Wildman–Crippen LogP) is -1.88. The molecule has 2 fully saturated rings. The summed E-state index contributed by atoms with van der Waals surface area (Å²) < 4.78 is 26.2. The van der Waals surface area contributed by atoms with Crippen LogP contribution in [0.2, 0.25) is 0 Å². The molecule has 1 aromatic carbocycles. The van der Waals surface area contributed by atoms with Gasteiger partial charge in [0.15, 0.2) is 0 Å². The fourth-order valence-corrected chi connectivity index (χ4v) is 4.40. The van der Waals surface area contributed by atoms with Crippen LogP contribution in [0.25, 0.3) is 0 Å². The maximum Gasteiger partial charge on any atom is 0.251 e. The molecule has 0 aliphatic carbocycles. The summed E-state index contributed by atoms with van der Waals surface area (Å²) in [6.07, 6.45) is -0.482. The van der Waals surface area contributed by atoms with Crippen LogP contribution < -0.4 is 16.0 Å². The van der Waals surface area contributed by atoms with Crippen molar-refractivity contribution >= 4 is 21.8 Å². The number of aliphatic hydroxyl groups excluding tert-OH is 1. The Morgan fingerprint density at radius 1 is 1.27 bits per heavy atom. The highest BCUT2D eigenvalue weighted by Gasteiger charge is 2.29. The van der Waals surface area contributed by atoms with Gasteiger partial charge < -0.3 is 21.1 Å². The molecule has 0 saturated carbocycles. The standard InChI is InChI=1S/C16H22N4O5S/c21-14-9-17-7-12(14)8-19-16(23)11-1-3-13(4-2-11)26(24,25)20-6-5-18-15(22)10-20/h1-4,12,14,17,21H,5-10H2,(H,18,22)(H,19,23). The molecule has 9 nitrogen and oxygen atoms in total. The Morgan fingerprint density at radius 3 is 2.62 bits per heavy atom. The van der Waals surface area contributed by atoms with Crippen LogP contribution in [0.15, 0.2) is 29.2 Å². The van der Waals surface area contributed by atoms with E-state index >= 15 is 0 Å². The van der Waals surface area contributed by atoms with Gasteiger partial charge >= 0.3 is 0 Å². The van der Waals surface area contributed by atoms with Crippen molar-refractivity contribution in [2.45, 2.75) is 11.0 Å². The lowest BCUT2D eigenvalue weighted by Crippen LogP contribution is -2.49. The van der Waals surface area contributed by atoms with Crippen molar-refractivity contribution in [3.05, 3.63) is 29.8 Å². The summed E-state index contributed by atoms with van der Waals surface area (Å²) in [5.74, 6) is -0.700. The fourth-order valence-electron chi connectivity index (χ4n) is 3.00. The number of carbonyl (C=O) groups is 2. The van der Waals surface area contributed by atoms with Gasteiger partial charge in [0.05, 0.1) is 17.5 Å². The van der Waals surface area contributed by atoms with Gasteiger partial charge in [0.2, 0.25) is 15.9 Å². The van der Waals surface area contributed by atoms with Crippen molar-refractivity contribution < 1.29 is 23.1 Å². The molecule has 1 aromatic rings. The predicted molar refractivity (Wildman–Crippen MR) is 92.9 cm³/mol. The van der Waals surface area contributed by atoms with Crippen molar-refractivity contribution in [3.63, 3.8) is 0 Å². The van der Waals surface area contributed by atoms with Gasteiger partial charge in [0.1, 0.15) is 0 Å². The minimum atomic E-state index is -3.77. The number of benzene rings is 1. The average molecular weight is 382 g/mol. The molecule has 3 rings (SSSR count). The van der Waals surface area contributed by atoms with Crippen LogP contribution in [0.5, 0.6) is 0 Å². The Kier molecular flexibility index (Phi) is 5.56. The van der Waals surface area contributed by atoms with E-state index in [1.165, 1.54) is 24.3 Å². The zero-order valence-electron chi connectivity index (χ0n) is 14.1. The van der Waals surface area contributed by atoms with Gasteiger partial charge in [0, 0.05) is 44.2 Å². The van der Waals surface area contributed by atoms with Gasteiger partial charge in [-0.05, 0) is 24.3 Å². The van der Waals surface area contributed by atoms with Crippen LogP contribution in [-0.2, 0) is 14.8 Å². The van der Waals surface area contributed by atoms with Crippen molar-refractivity contribution in [1.29, 1.82) is 0 Å². The van der Waals surface area contributed by atoms with Gasteiger partial charge in [-0.3, -0.25) is 9.59 Å². The number of nitrogens with zero attached hydrogens (tertiary/aromatic N) is 1. The lowest BCUT2D eigenvalue weighted by Gasteiger charge is -2.25. The van der Waals surface area contributed by atoms with E-state index in [9.17, 15) is 23.1 Å². The van der Waals surface area contributed by atoms with Crippen LogP contribution in [-0.4, -0.2) is 75.0 Å². The Hall–Kier alpha value is -2.01. The molecule has 26 heavy (non-hydrogen) atoms. The van der Waals surface area contributed by atoms with Crippen molar-refractivity contribution in [3.8, 4) is 0 Å². The van der Waals surface area contributed by atoms with E-state index in [1.807, 2.05) is 0 Å². The number of β-amino-alcohol motifs (C(OH)–C–C–N with tert-alkyl or cyclic N) is 1. The molecule has 0 aromatic heterocycles. The van der Waals surface area contributed by atoms with E-state index in [-0.39, 0.29) is 42.3 Å². The van der Waals surface area contributed by atoms with E-state index in [2.05, 4.69) is 16.0 Å². The molecule has 4 N–H and O–H groups in total. The second-order valence-electron chi connectivity index (χ2n) is 6.41. The molecule has 2 heterocycles. The summed E-state index contributed by atoms with van der Waals surface area (Å²) in [7, 11) is -3.77. The number of amides is 2. The molecule has 2 unspecified atom stereocenters. The summed E-state index contributed by atoms with van der Waals surface area (Å²) >= 11 is 0. The number of hydrogen-bond acceptors (Lipinski definition) is 6. The first-order valence-electron chi connectivity index (χ1n) is 8.42. The van der Waals surface area contributed by atoms with Crippen LogP contribution in [0.1, 0.15) is 10.4 Å². The minimum Gasteiger partial charge on any atom is -0.391 e. The molecule has 2 saturated heterocycles. The lowest BCUT2D eigenvalue weighted by atomic mass is 10.1. The van der Waals surface area contributed by atoms with E-state index in [0.717, 1.165) is 4.31 Å². The number of sulfonamides is 1. The molecule has 142 valence electrons. The molecule has 0 radical (unpaired) electrons. The van der Waals surface area contributed by atoms with E-state index in [4.69, 9.17) is 0 Å². The smallest absolute Gasteiger partial charge is 0.251 e. The molecule has 0 spiro atoms. The maximum absolute atomic E-state index is 12.6. The minimum absolute atomic E-state index is 0.0381. The van der Waals surface area contributed by atoms with Crippen molar-refractivity contribution in [1.82, 2.24) is 20.3 Å². The van der Waals surface area contributed by atoms with Crippen molar-refractivity contribution in [2.24, 2.45) is 5.92 Å². The van der Waals surface area contributed by atoms with E-state index in [1.54, 1.807) is 0 Å².